The molecule has 120 valence electrons. The van der Waals surface area contributed by atoms with Crippen molar-refractivity contribution >= 4 is 28.3 Å². The van der Waals surface area contributed by atoms with Gasteiger partial charge in [0.1, 0.15) is 6.04 Å². The van der Waals surface area contributed by atoms with Gasteiger partial charge in [-0.15, -0.1) is 12.4 Å². The van der Waals surface area contributed by atoms with E-state index in [9.17, 15) is 13.2 Å². The highest BCUT2D eigenvalue weighted by molar-refractivity contribution is 7.89. The number of hydrogen-bond acceptors (Lipinski definition) is 5. The topological polar surface area (TPSA) is 111 Å². The van der Waals surface area contributed by atoms with E-state index in [1.807, 2.05) is 0 Å². The smallest absolute Gasteiger partial charge is 0.240 e. The largest absolute Gasteiger partial charge is 0.383 e. The van der Waals surface area contributed by atoms with E-state index >= 15 is 0 Å². The Labute approximate surface area is 130 Å². The molecule has 1 rings (SSSR count). The SMILES string of the molecule is COCC(N)C(=O)NCCNS(=O)(=O)c1ccccc1.Cl. The Kier molecular flexibility index (Phi) is 9.14. The molecular weight excluding hydrogens is 318 g/mol. The molecule has 21 heavy (non-hydrogen) atoms. The molecule has 1 atom stereocenters. The molecule has 0 spiro atoms. The van der Waals surface area contributed by atoms with Crippen molar-refractivity contribution in [1.82, 2.24) is 10.0 Å². The highest BCUT2D eigenvalue weighted by Gasteiger charge is 2.14. The van der Waals surface area contributed by atoms with Crippen LogP contribution in [-0.2, 0) is 19.6 Å². The standard InChI is InChI=1S/C12H19N3O4S.ClH/c1-19-9-11(13)12(16)14-7-8-15-20(17,18)10-5-3-2-4-6-10;/h2-6,11,15H,7-9,13H2,1H3,(H,14,16);1H. The first-order chi connectivity index (χ1) is 9.47. The maximum Gasteiger partial charge on any atom is 0.240 e. The molecule has 1 aromatic rings. The molecule has 1 aromatic carbocycles. The molecule has 9 heteroatoms. The molecule has 1 amide bonds. The summed E-state index contributed by atoms with van der Waals surface area (Å²) >= 11 is 0. The lowest BCUT2D eigenvalue weighted by Crippen LogP contribution is -2.45. The van der Waals surface area contributed by atoms with Gasteiger partial charge in [-0.05, 0) is 12.1 Å². The van der Waals surface area contributed by atoms with Gasteiger partial charge in [0.25, 0.3) is 0 Å². The zero-order valence-corrected chi connectivity index (χ0v) is 13.2. The predicted molar refractivity (Wildman–Crippen MR) is 81.7 cm³/mol. The first-order valence-electron chi connectivity index (χ1n) is 6.04. The van der Waals surface area contributed by atoms with Gasteiger partial charge in [-0.1, -0.05) is 18.2 Å². The van der Waals surface area contributed by atoms with Crippen molar-refractivity contribution in [3.63, 3.8) is 0 Å². The Bertz CT molecular complexity index is 525. The van der Waals surface area contributed by atoms with Gasteiger partial charge in [0.05, 0.1) is 11.5 Å². The molecule has 4 N–H and O–H groups in total. The second-order valence-corrected chi connectivity index (χ2v) is 5.83. The molecule has 1 unspecified atom stereocenters. The number of hydrogen-bond donors (Lipinski definition) is 3. The molecule has 0 heterocycles. The minimum atomic E-state index is -3.55. The average molecular weight is 338 g/mol. The van der Waals surface area contributed by atoms with Crippen LogP contribution >= 0.6 is 12.4 Å². The number of ether oxygens (including phenoxy) is 1. The van der Waals surface area contributed by atoms with E-state index in [1.165, 1.54) is 19.2 Å². The number of rotatable bonds is 8. The van der Waals surface area contributed by atoms with Crippen LogP contribution in [0.25, 0.3) is 0 Å². The fourth-order valence-electron chi connectivity index (χ4n) is 1.44. The van der Waals surface area contributed by atoms with Gasteiger partial charge < -0.3 is 15.8 Å². The van der Waals surface area contributed by atoms with Crippen LogP contribution in [0, 0.1) is 0 Å². The number of halogens is 1. The van der Waals surface area contributed by atoms with E-state index < -0.39 is 16.1 Å². The number of methoxy groups -OCH3 is 1. The van der Waals surface area contributed by atoms with E-state index in [4.69, 9.17) is 10.5 Å². The van der Waals surface area contributed by atoms with Gasteiger partial charge in [0.2, 0.25) is 15.9 Å². The normalized spacial score (nSPS) is 12.3. The lowest BCUT2D eigenvalue weighted by atomic mass is 10.3. The summed E-state index contributed by atoms with van der Waals surface area (Å²) in [6.45, 7) is 0.354. The number of benzene rings is 1. The van der Waals surface area contributed by atoms with Crippen LogP contribution in [0.4, 0.5) is 0 Å². The molecule has 0 bridgehead atoms. The van der Waals surface area contributed by atoms with E-state index in [0.717, 1.165) is 0 Å². The second kappa shape index (κ2) is 9.69. The molecule has 0 aliphatic heterocycles. The van der Waals surface area contributed by atoms with Crippen molar-refractivity contribution in [2.75, 3.05) is 26.8 Å². The van der Waals surface area contributed by atoms with E-state index in [1.54, 1.807) is 18.2 Å². The first kappa shape index (κ1) is 19.8. The van der Waals surface area contributed by atoms with Crippen LogP contribution in [0.2, 0.25) is 0 Å². The van der Waals surface area contributed by atoms with Gasteiger partial charge in [-0.3, -0.25) is 4.79 Å². The summed E-state index contributed by atoms with van der Waals surface area (Å²) in [5.74, 6) is -0.384. The van der Waals surface area contributed by atoms with Crippen LogP contribution < -0.4 is 15.8 Å². The summed E-state index contributed by atoms with van der Waals surface area (Å²) in [5.41, 5.74) is 5.51. The van der Waals surface area contributed by atoms with E-state index in [0.29, 0.717) is 0 Å². The van der Waals surface area contributed by atoms with E-state index in [2.05, 4.69) is 10.0 Å². The Balaban J connectivity index is 0.00000400. The van der Waals surface area contributed by atoms with Crippen molar-refractivity contribution in [2.45, 2.75) is 10.9 Å². The molecule has 0 aromatic heterocycles. The Morgan fingerprint density at radius 2 is 1.90 bits per heavy atom. The first-order valence-corrected chi connectivity index (χ1v) is 7.52. The zero-order chi connectivity index (χ0) is 15.0. The van der Waals surface area contributed by atoms with E-state index in [-0.39, 0.29) is 42.9 Å². The number of nitrogens with two attached hydrogens (primary N) is 1. The van der Waals surface area contributed by atoms with Gasteiger partial charge >= 0.3 is 0 Å². The Morgan fingerprint density at radius 3 is 2.48 bits per heavy atom. The third-order valence-electron chi connectivity index (χ3n) is 2.45. The maximum absolute atomic E-state index is 11.8. The average Bonchev–Trinajstić information content (AvgIpc) is 2.44. The third kappa shape index (κ3) is 6.87. The highest BCUT2D eigenvalue weighted by Crippen LogP contribution is 2.06. The minimum absolute atomic E-state index is 0. The molecule has 0 aliphatic rings. The quantitative estimate of drug-likeness (QED) is 0.553. The van der Waals surface area contributed by atoms with Crippen LogP contribution in [0.1, 0.15) is 0 Å². The molecule has 0 fully saturated rings. The minimum Gasteiger partial charge on any atom is -0.383 e. The number of carbonyl (C=O) groups is 1. The molecule has 0 aliphatic carbocycles. The molecule has 0 saturated carbocycles. The fraction of sp³-hybridized carbons (Fsp3) is 0.417. The summed E-state index contributed by atoms with van der Waals surface area (Å²) in [4.78, 5) is 11.6. The molecule has 0 saturated heterocycles. The molecule has 7 nitrogen and oxygen atoms in total. The highest BCUT2D eigenvalue weighted by atomic mass is 35.5. The number of amides is 1. The maximum atomic E-state index is 11.8. The summed E-state index contributed by atoms with van der Waals surface area (Å²) in [6, 6.07) is 7.24. The van der Waals surface area contributed by atoms with Crippen LogP contribution in [0.3, 0.4) is 0 Å². The summed E-state index contributed by atoms with van der Waals surface area (Å²) in [5, 5.41) is 2.52. The number of sulfonamides is 1. The van der Waals surface area contributed by atoms with Gasteiger partial charge in [-0.25, -0.2) is 13.1 Å². The van der Waals surface area contributed by atoms with Crippen molar-refractivity contribution in [2.24, 2.45) is 5.73 Å². The van der Waals surface area contributed by atoms with Crippen LogP contribution in [0.15, 0.2) is 35.2 Å². The van der Waals surface area contributed by atoms with Crippen molar-refractivity contribution < 1.29 is 17.9 Å². The van der Waals surface area contributed by atoms with Crippen LogP contribution in [0.5, 0.6) is 0 Å². The fourth-order valence-corrected chi connectivity index (χ4v) is 2.49. The summed E-state index contributed by atoms with van der Waals surface area (Å²) < 4.78 is 30.8. The number of carbonyl (C=O) groups excluding carboxylic acids is 1. The molecular formula is C12H20ClN3O4S. The second-order valence-electron chi connectivity index (χ2n) is 4.06. The lowest BCUT2D eigenvalue weighted by molar-refractivity contribution is -0.123. The van der Waals surface area contributed by atoms with Crippen molar-refractivity contribution in [3.05, 3.63) is 30.3 Å². The van der Waals surface area contributed by atoms with Crippen LogP contribution in [-0.4, -0.2) is 47.2 Å². The van der Waals surface area contributed by atoms with Gasteiger partial charge in [-0.2, -0.15) is 0 Å². The summed E-state index contributed by atoms with van der Waals surface area (Å²) in [6.07, 6.45) is 0. The monoisotopic (exact) mass is 337 g/mol. The van der Waals surface area contributed by atoms with Gasteiger partial charge in [0.15, 0.2) is 0 Å². The number of nitrogens with one attached hydrogen (secondary N) is 2. The molecule has 0 radical (unpaired) electrons. The Morgan fingerprint density at radius 1 is 1.29 bits per heavy atom. The lowest BCUT2D eigenvalue weighted by Gasteiger charge is -2.11. The van der Waals surface area contributed by atoms with Crippen molar-refractivity contribution in [1.29, 1.82) is 0 Å². The Hall–Kier alpha value is -1.19. The summed E-state index contributed by atoms with van der Waals surface area (Å²) in [7, 11) is -2.10. The van der Waals surface area contributed by atoms with Gasteiger partial charge in [0, 0.05) is 20.2 Å². The third-order valence-corrected chi connectivity index (χ3v) is 3.93. The van der Waals surface area contributed by atoms with Crippen molar-refractivity contribution in [3.8, 4) is 0 Å². The zero-order valence-electron chi connectivity index (χ0n) is 11.6. The predicted octanol–water partition coefficient (Wildman–Crippen LogP) is -0.523.